The molecule has 0 amide bonds. The molecule has 0 rings (SSSR count). The van der Waals surface area contributed by atoms with Gasteiger partial charge in [0.1, 0.15) is 12.2 Å². The SMILES string of the molecule is CC(C)=CCC/C(C)=C/CC/C(C)=C/CC/C(C)=C/CC(OP(=O)(O)O)C(O)CO. The number of phosphoric ester groups is 1. The summed E-state index contributed by atoms with van der Waals surface area (Å²) >= 11 is 0. The highest BCUT2D eigenvalue weighted by Gasteiger charge is 2.27. The largest absolute Gasteiger partial charge is 0.469 e. The average Bonchev–Trinajstić information content (AvgIpc) is 2.63. The number of aliphatic hydroxyl groups excluding tert-OH is 2. The second-order valence-corrected chi connectivity index (χ2v) is 9.36. The molecular formula is C23H41O6P. The molecule has 0 bridgehead atoms. The molecule has 0 heterocycles. The summed E-state index contributed by atoms with van der Waals surface area (Å²) in [5, 5.41) is 18.7. The van der Waals surface area contributed by atoms with Gasteiger partial charge in [0.25, 0.3) is 0 Å². The van der Waals surface area contributed by atoms with Crippen molar-refractivity contribution >= 4 is 7.82 Å². The Bertz CT molecular complexity index is 653. The van der Waals surface area contributed by atoms with Crippen molar-refractivity contribution in [3.05, 3.63) is 46.6 Å². The van der Waals surface area contributed by atoms with Gasteiger partial charge in [0.2, 0.25) is 0 Å². The van der Waals surface area contributed by atoms with Crippen LogP contribution in [-0.4, -0.2) is 38.8 Å². The van der Waals surface area contributed by atoms with Crippen LogP contribution < -0.4 is 0 Å². The zero-order valence-corrected chi connectivity index (χ0v) is 20.1. The first kappa shape index (κ1) is 29.0. The zero-order valence-electron chi connectivity index (χ0n) is 19.2. The molecule has 0 saturated heterocycles. The molecule has 2 atom stereocenters. The minimum Gasteiger partial charge on any atom is -0.394 e. The standard InChI is InChI=1S/C23H41O6P/c1-18(2)9-6-10-19(3)11-7-12-20(4)13-8-14-21(5)15-16-23(22(25)17-24)29-30(26,27)28/h9,11,13,15,22-25H,6-8,10,12,14,16-17H2,1-5H3,(H2,26,27,28)/b19-11+,20-13+,21-15+. The third-order valence-electron chi connectivity index (χ3n) is 4.74. The van der Waals surface area contributed by atoms with Gasteiger partial charge >= 0.3 is 7.82 Å². The van der Waals surface area contributed by atoms with Gasteiger partial charge in [0.05, 0.1) is 6.61 Å². The quantitative estimate of drug-likeness (QED) is 0.200. The molecule has 0 spiro atoms. The van der Waals surface area contributed by atoms with E-state index < -0.39 is 26.6 Å². The third-order valence-corrected chi connectivity index (χ3v) is 5.29. The lowest BCUT2D eigenvalue weighted by molar-refractivity contribution is -0.0118. The van der Waals surface area contributed by atoms with Gasteiger partial charge in [-0.25, -0.2) is 4.57 Å². The van der Waals surface area contributed by atoms with Crippen LogP contribution in [0.15, 0.2) is 46.6 Å². The first-order chi connectivity index (χ1) is 13.9. The van der Waals surface area contributed by atoms with Crippen molar-refractivity contribution in [2.75, 3.05) is 6.61 Å². The van der Waals surface area contributed by atoms with Crippen molar-refractivity contribution in [2.45, 2.75) is 91.8 Å². The first-order valence-electron chi connectivity index (χ1n) is 10.6. The summed E-state index contributed by atoms with van der Waals surface area (Å²) in [5.41, 5.74) is 5.17. The molecule has 0 aromatic carbocycles. The molecule has 0 aliphatic carbocycles. The van der Waals surface area contributed by atoms with E-state index in [-0.39, 0.29) is 6.42 Å². The van der Waals surface area contributed by atoms with Crippen LogP contribution in [0.3, 0.4) is 0 Å². The molecule has 0 aliphatic heterocycles. The molecular weight excluding hydrogens is 403 g/mol. The summed E-state index contributed by atoms with van der Waals surface area (Å²) in [6.07, 6.45) is 12.2. The van der Waals surface area contributed by atoms with E-state index in [0.717, 1.165) is 44.1 Å². The minimum atomic E-state index is -4.73. The zero-order chi connectivity index (χ0) is 23.2. The second-order valence-electron chi connectivity index (χ2n) is 8.17. The van der Waals surface area contributed by atoms with Gasteiger partial charge in [-0.1, -0.05) is 46.6 Å². The third kappa shape index (κ3) is 16.8. The van der Waals surface area contributed by atoms with Crippen molar-refractivity contribution in [3.63, 3.8) is 0 Å². The van der Waals surface area contributed by atoms with E-state index in [1.807, 2.05) is 6.92 Å². The van der Waals surface area contributed by atoms with Crippen LogP contribution in [0.4, 0.5) is 0 Å². The number of phosphoric acid groups is 1. The highest BCUT2D eigenvalue weighted by Crippen LogP contribution is 2.39. The van der Waals surface area contributed by atoms with Crippen LogP contribution in [0.2, 0.25) is 0 Å². The fraction of sp³-hybridized carbons (Fsp3) is 0.652. The fourth-order valence-electron chi connectivity index (χ4n) is 2.87. The molecule has 4 N–H and O–H groups in total. The topological polar surface area (TPSA) is 107 Å². The maximum atomic E-state index is 11.0. The lowest BCUT2D eigenvalue weighted by atomic mass is 10.0. The molecule has 0 aromatic rings. The molecule has 0 aliphatic rings. The summed E-state index contributed by atoms with van der Waals surface area (Å²) in [4.78, 5) is 17.9. The first-order valence-corrected chi connectivity index (χ1v) is 12.1. The van der Waals surface area contributed by atoms with Crippen molar-refractivity contribution in [3.8, 4) is 0 Å². The molecule has 7 heteroatoms. The fourth-order valence-corrected chi connectivity index (χ4v) is 3.45. The monoisotopic (exact) mass is 444 g/mol. The Labute approximate surface area is 182 Å². The molecule has 0 aromatic heterocycles. The summed E-state index contributed by atoms with van der Waals surface area (Å²) in [6, 6.07) is 0. The summed E-state index contributed by atoms with van der Waals surface area (Å²) < 4.78 is 15.6. The Balaban J connectivity index is 4.41. The molecule has 0 fully saturated rings. The number of hydrogen-bond donors (Lipinski definition) is 4. The summed E-state index contributed by atoms with van der Waals surface area (Å²) in [6.45, 7) is 9.87. The Morgan fingerprint density at radius 3 is 1.67 bits per heavy atom. The van der Waals surface area contributed by atoms with Crippen LogP contribution in [0.5, 0.6) is 0 Å². The molecule has 0 saturated carbocycles. The van der Waals surface area contributed by atoms with Crippen LogP contribution in [0.25, 0.3) is 0 Å². The Morgan fingerprint density at radius 2 is 1.27 bits per heavy atom. The number of allylic oxidation sites excluding steroid dienone is 7. The van der Waals surface area contributed by atoms with Crippen LogP contribution in [0, 0.1) is 0 Å². The smallest absolute Gasteiger partial charge is 0.394 e. The lowest BCUT2D eigenvalue weighted by Crippen LogP contribution is -2.31. The molecule has 174 valence electrons. The maximum absolute atomic E-state index is 11.0. The van der Waals surface area contributed by atoms with Crippen molar-refractivity contribution in [2.24, 2.45) is 0 Å². The molecule has 30 heavy (non-hydrogen) atoms. The molecule has 0 radical (unpaired) electrons. The molecule has 2 unspecified atom stereocenters. The minimum absolute atomic E-state index is 0.123. The average molecular weight is 445 g/mol. The summed E-state index contributed by atoms with van der Waals surface area (Å²) in [5.74, 6) is 0. The van der Waals surface area contributed by atoms with E-state index in [0.29, 0.717) is 0 Å². The van der Waals surface area contributed by atoms with Crippen LogP contribution in [-0.2, 0) is 9.09 Å². The van der Waals surface area contributed by atoms with Crippen molar-refractivity contribution < 1.29 is 29.1 Å². The Kier molecular flexibility index (Phi) is 15.2. The van der Waals surface area contributed by atoms with Crippen LogP contribution >= 0.6 is 7.82 Å². The maximum Gasteiger partial charge on any atom is 0.469 e. The van der Waals surface area contributed by atoms with E-state index in [4.69, 9.17) is 14.9 Å². The van der Waals surface area contributed by atoms with E-state index in [9.17, 15) is 9.67 Å². The van der Waals surface area contributed by atoms with Crippen molar-refractivity contribution in [1.29, 1.82) is 0 Å². The second kappa shape index (κ2) is 15.7. The molecule has 6 nitrogen and oxygen atoms in total. The van der Waals surface area contributed by atoms with Gasteiger partial charge in [-0.15, -0.1) is 0 Å². The van der Waals surface area contributed by atoms with E-state index in [1.54, 1.807) is 6.08 Å². The van der Waals surface area contributed by atoms with Crippen LogP contribution in [0.1, 0.15) is 79.6 Å². The van der Waals surface area contributed by atoms with Gasteiger partial charge in [0, 0.05) is 0 Å². The lowest BCUT2D eigenvalue weighted by Gasteiger charge is -2.21. The van der Waals surface area contributed by atoms with Gasteiger partial charge < -0.3 is 20.0 Å². The van der Waals surface area contributed by atoms with E-state index in [2.05, 4.69) is 50.4 Å². The summed E-state index contributed by atoms with van der Waals surface area (Å²) in [7, 11) is -4.73. The van der Waals surface area contributed by atoms with E-state index >= 15 is 0 Å². The van der Waals surface area contributed by atoms with E-state index in [1.165, 1.54) is 16.7 Å². The van der Waals surface area contributed by atoms with Gasteiger partial charge in [-0.2, -0.15) is 0 Å². The van der Waals surface area contributed by atoms with Gasteiger partial charge in [-0.05, 0) is 79.6 Å². The predicted molar refractivity (Wildman–Crippen MR) is 123 cm³/mol. The highest BCUT2D eigenvalue weighted by atomic mass is 31.2. The highest BCUT2D eigenvalue weighted by molar-refractivity contribution is 7.46. The van der Waals surface area contributed by atoms with Gasteiger partial charge in [0.15, 0.2) is 0 Å². The Morgan fingerprint density at radius 1 is 0.833 bits per heavy atom. The normalized spacial score (nSPS) is 15.8. The number of hydrogen-bond acceptors (Lipinski definition) is 4. The number of aliphatic hydroxyl groups is 2. The predicted octanol–water partition coefficient (Wildman–Crippen LogP) is 5.35. The van der Waals surface area contributed by atoms with Gasteiger partial charge in [-0.3, -0.25) is 4.52 Å². The van der Waals surface area contributed by atoms with Crippen molar-refractivity contribution in [1.82, 2.24) is 0 Å². The number of rotatable bonds is 15. The Hall–Kier alpha value is -1.01.